The van der Waals surface area contributed by atoms with E-state index < -0.39 is 0 Å². The van der Waals surface area contributed by atoms with Gasteiger partial charge in [-0.25, -0.2) is 0 Å². The van der Waals surface area contributed by atoms with Gasteiger partial charge in [0.1, 0.15) is 6.61 Å². The molecule has 0 spiro atoms. The van der Waals surface area contributed by atoms with Crippen LogP contribution in [0, 0.1) is 16.7 Å². The van der Waals surface area contributed by atoms with Crippen LogP contribution in [0.25, 0.3) is 0 Å². The monoisotopic (exact) mass is 517 g/mol. The lowest BCUT2D eigenvalue weighted by Gasteiger charge is -2.65. The molecule has 4 atom stereocenters. The highest BCUT2D eigenvalue weighted by Crippen LogP contribution is 2.66. The maximum Gasteiger partial charge on any atom is 0.175 e. The smallest absolute Gasteiger partial charge is 0.175 e. The highest BCUT2D eigenvalue weighted by molar-refractivity contribution is 9.10. The number of hydrogen-bond donors (Lipinski definition) is 1. The quantitative estimate of drug-likeness (QED) is 0.411. The number of rotatable bonds is 7. The number of hydrogen-bond acceptors (Lipinski definition) is 3. The number of methoxy groups -OCH3 is 1. The van der Waals surface area contributed by atoms with Gasteiger partial charge in [0, 0.05) is 17.1 Å². The van der Waals surface area contributed by atoms with E-state index in [9.17, 15) is 0 Å². The van der Waals surface area contributed by atoms with E-state index in [4.69, 9.17) is 21.1 Å². The third-order valence-corrected chi connectivity index (χ3v) is 8.72. The van der Waals surface area contributed by atoms with Crippen molar-refractivity contribution in [1.29, 1.82) is 0 Å². The maximum absolute atomic E-state index is 6.11. The molecule has 6 rings (SSSR count). The molecule has 0 heterocycles. The Kier molecular flexibility index (Phi) is 5.79. The van der Waals surface area contributed by atoms with Gasteiger partial charge >= 0.3 is 0 Å². The molecule has 0 aliphatic heterocycles. The summed E-state index contributed by atoms with van der Waals surface area (Å²) in [6.07, 6.45) is 8.20. The Bertz CT molecular complexity index is 989. The molecule has 172 valence electrons. The number of nitrogens with one attached hydrogen (secondary N) is 1. The Hall–Kier alpha value is -1.23. The lowest BCUT2D eigenvalue weighted by atomic mass is 9.43. The van der Waals surface area contributed by atoms with Crippen molar-refractivity contribution in [3.8, 4) is 11.5 Å². The van der Waals surface area contributed by atoms with Crippen molar-refractivity contribution in [1.82, 2.24) is 5.32 Å². The fraction of sp³-hybridized carbons (Fsp3) is 0.556. The van der Waals surface area contributed by atoms with Crippen LogP contribution in [0.5, 0.6) is 11.5 Å². The zero-order valence-electron chi connectivity index (χ0n) is 19.3. The molecule has 0 saturated heterocycles. The van der Waals surface area contributed by atoms with Crippen LogP contribution in [0.2, 0.25) is 5.02 Å². The molecular formula is C27H33BrClNO2. The van der Waals surface area contributed by atoms with Crippen molar-refractivity contribution in [2.75, 3.05) is 7.11 Å². The van der Waals surface area contributed by atoms with Gasteiger partial charge in [0.2, 0.25) is 0 Å². The standard InChI is InChI=1S/C27H33BrClNO2/c1-25-10-20-11-26(2,15-25)17-27(12-20,16-25)30-13-19-8-22(28)24(23(9-19)31-3)32-14-18-4-6-21(29)7-5-18/h4-9,20,30H,10-17H2,1-3H3/t20?,25-,26+,27?. The first-order chi connectivity index (χ1) is 15.2. The van der Waals surface area contributed by atoms with Crippen LogP contribution in [-0.4, -0.2) is 12.6 Å². The minimum absolute atomic E-state index is 0.284. The Morgan fingerprint density at radius 2 is 1.69 bits per heavy atom. The van der Waals surface area contributed by atoms with Crippen molar-refractivity contribution < 1.29 is 9.47 Å². The predicted molar refractivity (Wildman–Crippen MR) is 133 cm³/mol. The average molecular weight is 519 g/mol. The van der Waals surface area contributed by atoms with Crippen molar-refractivity contribution in [3.05, 3.63) is 57.0 Å². The van der Waals surface area contributed by atoms with Gasteiger partial charge in [-0.15, -0.1) is 0 Å². The minimum atomic E-state index is 0.284. The third kappa shape index (κ3) is 4.43. The van der Waals surface area contributed by atoms with E-state index in [1.807, 2.05) is 24.3 Å². The van der Waals surface area contributed by atoms with E-state index in [0.29, 0.717) is 17.4 Å². The first-order valence-electron chi connectivity index (χ1n) is 11.7. The fourth-order valence-electron chi connectivity index (χ4n) is 7.69. The zero-order valence-corrected chi connectivity index (χ0v) is 21.6. The van der Waals surface area contributed by atoms with Gasteiger partial charge in [0.15, 0.2) is 11.5 Å². The summed E-state index contributed by atoms with van der Waals surface area (Å²) in [5.74, 6) is 2.38. The molecule has 4 aliphatic carbocycles. The van der Waals surface area contributed by atoms with Gasteiger partial charge in [-0.2, -0.15) is 0 Å². The number of ether oxygens (including phenoxy) is 2. The molecule has 0 radical (unpaired) electrons. The summed E-state index contributed by atoms with van der Waals surface area (Å²) in [4.78, 5) is 0. The second-order valence-corrected chi connectivity index (χ2v) is 12.6. The normalized spacial score (nSPS) is 32.8. The van der Waals surface area contributed by atoms with Gasteiger partial charge in [-0.1, -0.05) is 37.6 Å². The third-order valence-electron chi connectivity index (χ3n) is 7.88. The molecule has 0 amide bonds. The first-order valence-corrected chi connectivity index (χ1v) is 12.8. The topological polar surface area (TPSA) is 30.5 Å². The summed E-state index contributed by atoms with van der Waals surface area (Å²) >= 11 is 9.71. The van der Waals surface area contributed by atoms with E-state index >= 15 is 0 Å². The molecule has 2 aromatic carbocycles. The van der Waals surface area contributed by atoms with E-state index in [0.717, 1.165) is 39.0 Å². The SMILES string of the molecule is COc1cc(CNC23CC4C[C@@](C)(C2)C[C@](C)(C4)C3)cc(Br)c1OCc1ccc(Cl)cc1. The summed E-state index contributed by atoms with van der Waals surface area (Å²) in [6.45, 7) is 6.37. The Labute approximate surface area is 205 Å². The molecule has 5 heteroatoms. The molecule has 0 aromatic heterocycles. The molecule has 4 aliphatic rings. The zero-order chi connectivity index (χ0) is 22.6. The second kappa shape index (κ2) is 8.21. The molecule has 4 fully saturated rings. The highest BCUT2D eigenvalue weighted by Gasteiger charge is 2.59. The molecule has 3 nitrogen and oxygen atoms in total. The van der Waals surface area contributed by atoms with Crippen molar-refractivity contribution in [3.63, 3.8) is 0 Å². The van der Waals surface area contributed by atoms with Crippen LogP contribution in [0.3, 0.4) is 0 Å². The highest BCUT2D eigenvalue weighted by atomic mass is 79.9. The number of halogens is 2. The molecule has 4 bridgehead atoms. The fourth-order valence-corrected chi connectivity index (χ4v) is 8.42. The Morgan fingerprint density at radius 3 is 2.31 bits per heavy atom. The summed E-state index contributed by atoms with van der Waals surface area (Å²) in [7, 11) is 1.70. The summed E-state index contributed by atoms with van der Waals surface area (Å²) in [6, 6.07) is 12.0. The first kappa shape index (κ1) is 22.6. The lowest BCUT2D eigenvalue weighted by molar-refractivity contribution is -0.118. The van der Waals surface area contributed by atoms with Crippen LogP contribution >= 0.6 is 27.5 Å². The van der Waals surface area contributed by atoms with Gasteiger partial charge in [-0.05, 0) is 107 Å². The summed E-state index contributed by atoms with van der Waals surface area (Å²) in [5.41, 5.74) is 3.60. The van der Waals surface area contributed by atoms with Crippen LogP contribution in [0.1, 0.15) is 63.5 Å². The van der Waals surface area contributed by atoms with Crippen LogP contribution in [-0.2, 0) is 13.2 Å². The van der Waals surface area contributed by atoms with Gasteiger partial charge < -0.3 is 14.8 Å². The van der Waals surface area contributed by atoms with Crippen LogP contribution < -0.4 is 14.8 Å². The predicted octanol–water partition coefficient (Wildman–Crippen LogP) is 7.53. The van der Waals surface area contributed by atoms with Crippen LogP contribution in [0.15, 0.2) is 40.9 Å². The van der Waals surface area contributed by atoms with E-state index in [2.05, 4.69) is 47.2 Å². The molecule has 2 aromatic rings. The average Bonchev–Trinajstić information content (AvgIpc) is 2.70. The Morgan fingerprint density at radius 1 is 1.00 bits per heavy atom. The minimum Gasteiger partial charge on any atom is -0.493 e. The maximum atomic E-state index is 6.11. The summed E-state index contributed by atoms with van der Waals surface area (Å²) in [5, 5.41) is 4.75. The molecule has 32 heavy (non-hydrogen) atoms. The molecule has 4 saturated carbocycles. The van der Waals surface area contributed by atoms with Gasteiger partial charge in [-0.3, -0.25) is 0 Å². The van der Waals surface area contributed by atoms with E-state index in [-0.39, 0.29) is 5.54 Å². The Balaban J connectivity index is 1.30. The van der Waals surface area contributed by atoms with Crippen molar-refractivity contribution >= 4 is 27.5 Å². The number of benzene rings is 2. The van der Waals surface area contributed by atoms with E-state index in [1.165, 1.54) is 44.1 Å². The van der Waals surface area contributed by atoms with Crippen LogP contribution in [0.4, 0.5) is 0 Å². The largest absolute Gasteiger partial charge is 0.493 e. The summed E-state index contributed by atoms with van der Waals surface area (Å²) < 4.78 is 12.7. The molecule has 2 unspecified atom stereocenters. The van der Waals surface area contributed by atoms with Gasteiger partial charge in [0.05, 0.1) is 11.6 Å². The van der Waals surface area contributed by atoms with E-state index in [1.54, 1.807) is 7.11 Å². The lowest BCUT2D eigenvalue weighted by Crippen LogP contribution is -2.63. The van der Waals surface area contributed by atoms with Gasteiger partial charge in [0.25, 0.3) is 0 Å². The molecular weight excluding hydrogens is 486 g/mol. The molecule has 1 N–H and O–H groups in total. The van der Waals surface area contributed by atoms with Crippen molar-refractivity contribution in [2.24, 2.45) is 16.7 Å². The van der Waals surface area contributed by atoms with Crippen molar-refractivity contribution in [2.45, 2.75) is 71.1 Å². The second-order valence-electron chi connectivity index (χ2n) is 11.3.